The zero-order valence-electron chi connectivity index (χ0n) is 11.0. The van der Waals surface area contributed by atoms with E-state index in [0.29, 0.717) is 5.56 Å². The van der Waals surface area contributed by atoms with Crippen LogP contribution in [-0.2, 0) is 6.61 Å². The van der Waals surface area contributed by atoms with E-state index in [1.807, 2.05) is 0 Å². The van der Waals surface area contributed by atoms with Crippen molar-refractivity contribution in [1.82, 2.24) is 0 Å². The molecule has 0 heterocycles. The van der Waals surface area contributed by atoms with Gasteiger partial charge in [-0.05, 0) is 24.3 Å². The van der Waals surface area contributed by atoms with Crippen LogP contribution in [0.15, 0.2) is 36.4 Å². The van der Waals surface area contributed by atoms with E-state index in [1.54, 1.807) is 6.07 Å². The Hall–Kier alpha value is -2.09. The number of ether oxygens (including phenoxy) is 1. The van der Waals surface area contributed by atoms with E-state index in [-0.39, 0.29) is 29.5 Å². The Morgan fingerprint density at radius 3 is 2.62 bits per heavy atom. The molecule has 0 fully saturated rings. The second-order valence-electron chi connectivity index (χ2n) is 4.15. The maximum absolute atomic E-state index is 13.9. The number of nitrogens with two attached hydrogens (primary N) is 1. The SMILES string of the molecule is NCC#Cc1ccc(COc2c(F)cccc2Cl)c(F)c1. The highest BCUT2D eigenvalue weighted by Gasteiger charge is 2.10. The molecule has 2 nitrogen and oxygen atoms in total. The molecule has 108 valence electrons. The average molecular weight is 308 g/mol. The van der Waals surface area contributed by atoms with Crippen LogP contribution in [0.5, 0.6) is 5.75 Å². The smallest absolute Gasteiger partial charge is 0.174 e. The van der Waals surface area contributed by atoms with Crippen LogP contribution in [-0.4, -0.2) is 6.54 Å². The Kier molecular flexibility index (Phi) is 5.15. The lowest BCUT2D eigenvalue weighted by Crippen LogP contribution is -2.01. The molecule has 2 aromatic carbocycles. The van der Waals surface area contributed by atoms with Crippen LogP contribution in [0.3, 0.4) is 0 Å². The molecule has 2 N–H and O–H groups in total. The lowest BCUT2D eigenvalue weighted by atomic mass is 10.1. The summed E-state index contributed by atoms with van der Waals surface area (Å²) in [5, 5.41) is 0.140. The summed E-state index contributed by atoms with van der Waals surface area (Å²) in [5.74, 6) is 4.20. The third-order valence-corrected chi connectivity index (χ3v) is 2.98. The predicted octanol–water partition coefficient (Wildman–Crippen LogP) is 3.51. The minimum absolute atomic E-state index is 0.0921. The van der Waals surface area contributed by atoms with Gasteiger partial charge < -0.3 is 10.5 Å². The first-order valence-corrected chi connectivity index (χ1v) is 6.54. The van der Waals surface area contributed by atoms with Gasteiger partial charge in [-0.2, -0.15) is 0 Å². The number of rotatable bonds is 3. The molecule has 0 amide bonds. The van der Waals surface area contributed by atoms with Gasteiger partial charge in [-0.25, -0.2) is 8.78 Å². The summed E-state index contributed by atoms with van der Waals surface area (Å²) in [4.78, 5) is 0. The molecule has 2 rings (SSSR count). The topological polar surface area (TPSA) is 35.2 Å². The number of benzene rings is 2. The summed E-state index contributed by atoms with van der Waals surface area (Å²) in [6.07, 6.45) is 0. The highest BCUT2D eigenvalue weighted by Crippen LogP contribution is 2.28. The van der Waals surface area contributed by atoms with Gasteiger partial charge in [-0.3, -0.25) is 0 Å². The highest BCUT2D eigenvalue weighted by molar-refractivity contribution is 6.32. The van der Waals surface area contributed by atoms with Crippen molar-refractivity contribution < 1.29 is 13.5 Å². The molecule has 0 unspecified atom stereocenters. The number of hydrogen-bond donors (Lipinski definition) is 1. The van der Waals surface area contributed by atoms with Crippen molar-refractivity contribution >= 4 is 11.6 Å². The number of halogens is 3. The van der Waals surface area contributed by atoms with Gasteiger partial charge in [0.05, 0.1) is 11.6 Å². The molecule has 0 saturated carbocycles. The van der Waals surface area contributed by atoms with E-state index in [2.05, 4.69) is 11.8 Å². The summed E-state index contributed by atoms with van der Waals surface area (Å²) in [6, 6.07) is 8.66. The molecular weight excluding hydrogens is 296 g/mol. The van der Waals surface area contributed by atoms with Crippen LogP contribution in [0.4, 0.5) is 8.78 Å². The zero-order valence-corrected chi connectivity index (χ0v) is 11.8. The lowest BCUT2D eigenvalue weighted by molar-refractivity contribution is 0.285. The first kappa shape index (κ1) is 15.3. The molecule has 0 aliphatic heterocycles. The normalized spacial score (nSPS) is 9.90. The summed E-state index contributed by atoms with van der Waals surface area (Å²) >= 11 is 5.83. The van der Waals surface area contributed by atoms with Crippen molar-refractivity contribution in [2.75, 3.05) is 6.54 Å². The first-order valence-electron chi connectivity index (χ1n) is 6.16. The second kappa shape index (κ2) is 7.07. The standard InChI is InChI=1S/C16H12ClF2NO/c17-13-4-1-5-14(18)16(13)21-10-12-7-6-11(3-2-8-20)9-15(12)19/h1,4-7,9H,8,10,20H2. The molecule has 2 aromatic rings. The fraction of sp³-hybridized carbons (Fsp3) is 0.125. The van der Waals surface area contributed by atoms with Gasteiger partial charge in [0, 0.05) is 11.1 Å². The molecule has 0 spiro atoms. The maximum atomic E-state index is 13.9. The van der Waals surface area contributed by atoms with Crippen LogP contribution in [0.1, 0.15) is 11.1 Å². The summed E-state index contributed by atoms with van der Waals surface area (Å²) in [6.45, 7) is 0.0787. The van der Waals surface area contributed by atoms with Gasteiger partial charge in [0.1, 0.15) is 12.4 Å². The predicted molar refractivity (Wildman–Crippen MR) is 78.1 cm³/mol. The van der Waals surface area contributed by atoms with E-state index in [1.165, 1.54) is 30.3 Å². The summed E-state index contributed by atoms with van der Waals surface area (Å²) in [5.41, 5.74) is 6.05. The fourth-order valence-electron chi connectivity index (χ4n) is 1.67. The summed E-state index contributed by atoms with van der Waals surface area (Å²) in [7, 11) is 0. The van der Waals surface area contributed by atoms with E-state index in [9.17, 15) is 8.78 Å². The van der Waals surface area contributed by atoms with Crippen LogP contribution in [0, 0.1) is 23.5 Å². The van der Waals surface area contributed by atoms with E-state index in [0.717, 1.165) is 0 Å². The van der Waals surface area contributed by atoms with E-state index >= 15 is 0 Å². The number of hydrogen-bond acceptors (Lipinski definition) is 2. The third-order valence-electron chi connectivity index (χ3n) is 2.68. The van der Waals surface area contributed by atoms with E-state index < -0.39 is 11.6 Å². The highest BCUT2D eigenvalue weighted by atomic mass is 35.5. The summed E-state index contributed by atoms with van der Waals surface area (Å²) < 4.78 is 32.7. The van der Waals surface area contributed by atoms with Crippen molar-refractivity contribution in [3.8, 4) is 17.6 Å². The first-order chi connectivity index (χ1) is 10.1. The van der Waals surface area contributed by atoms with Crippen molar-refractivity contribution in [3.05, 3.63) is 64.2 Å². The zero-order chi connectivity index (χ0) is 15.2. The lowest BCUT2D eigenvalue weighted by Gasteiger charge is -2.09. The van der Waals surface area contributed by atoms with Gasteiger partial charge in [0.15, 0.2) is 11.6 Å². The Morgan fingerprint density at radius 1 is 1.14 bits per heavy atom. The molecule has 0 aliphatic carbocycles. The Labute approximate surface area is 126 Å². The molecule has 0 atom stereocenters. The van der Waals surface area contributed by atoms with Crippen LogP contribution < -0.4 is 10.5 Å². The second-order valence-corrected chi connectivity index (χ2v) is 4.56. The van der Waals surface area contributed by atoms with Crippen molar-refractivity contribution in [1.29, 1.82) is 0 Å². The van der Waals surface area contributed by atoms with Gasteiger partial charge in [0.2, 0.25) is 0 Å². The van der Waals surface area contributed by atoms with E-state index in [4.69, 9.17) is 22.1 Å². The fourth-order valence-corrected chi connectivity index (χ4v) is 1.88. The molecule has 0 aliphatic rings. The minimum atomic E-state index is -0.589. The molecular formula is C16H12ClF2NO. The Balaban J connectivity index is 2.14. The molecule has 0 saturated heterocycles. The van der Waals surface area contributed by atoms with Gasteiger partial charge in [-0.15, -0.1) is 0 Å². The Morgan fingerprint density at radius 2 is 1.95 bits per heavy atom. The van der Waals surface area contributed by atoms with Crippen LogP contribution in [0.25, 0.3) is 0 Å². The van der Waals surface area contributed by atoms with Crippen LogP contribution in [0.2, 0.25) is 5.02 Å². The van der Waals surface area contributed by atoms with Crippen molar-refractivity contribution in [3.63, 3.8) is 0 Å². The van der Waals surface area contributed by atoms with Gasteiger partial charge >= 0.3 is 0 Å². The molecule has 0 bridgehead atoms. The average Bonchev–Trinajstić information content (AvgIpc) is 2.46. The Bertz CT molecular complexity index is 687. The molecule has 21 heavy (non-hydrogen) atoms. The van der Waals surface area contributed by atoms with Gasteiger partial charge in [0.25, 0.3) is 0 Å². The van der Waals surface area contributed by atoms with Crippen molar-refractivity contribution in [2.45, 2.75) is 6.61 Å². The van der Waals surface area contributed by atoms with Gasteiger partial charge in [-0.1, -0.05) is 35.6 Å². The number of para-hydroxylation sites is 1. The minimum Gasteiger partial charge on any atom is -0.484 e. The third kappa shape index (κ3) is 3.94. The monoisotopic (exact) mass is 307 g/mol. The molecule has 5 heteroatoms. The quantitative estimate of drug-likeness (QED) is 0.881. The maximum Gasteiger partial charge on any atom is 0.174 e. The molecule has 0 aromatic heterocycles. The largest absolute Gasteiger partial charge is 0.484 e. The van der Waals surface area contributed by atoms with Crippen LogP contribution >= 0.6 is 11.6 Å². The molecule has 0 radical (unpaired) electrons. The van der Waals surface area contributed by atoms with Crippen molar-refractivity contribution in [2.24, 2.45) is 5.73 Å².